The van der Waals surface area contributed by atoms with Crippen molar-refractivity contribution in [3.63, 3.8) is 0 Å². The molecule has 0 aliphatic carbocycles. The molecule has 0 radical (unpaired) electrons. The Hall–Kier alpha value is 0.01000. The van der Waals surface area contributed by atoms with Gasteiger partial charge >= 0.3 is 0 Å². The van der Waals surface area contributed by atoms with Crippen molar-refractivity contribution in [3.05, 3.63) is 34.3 Å². The van der Waals surface area contributed by atoms with Crippen LogP contribution in [0.3, 0.4) is 0 Å². The molecule has 0 aliphatic rings. The molecule has 0 amide bonds. The number of hydrogen-bond acceptors (Lipinski definition) is 2. The Morgan fingerprint density at radius 2 is 2.29 bits per heavy atom. The summed E-state index contributed by atoms with van der Waals surface area (Å²) in [5.41, 5.74) is 6.87. The third-order valence-corrected chi connectivity index (χ3v) is 3.79. The molecule has 1 nitrogen and oxygen atoms in total. The summed E-state index contributed by atoms with van der Waals surface area (Å²) >= 11 is 5.43. The van der Waals surface area contributed by atoms with Gasteiger partial charge in [-0.25, -0.2) is 0 Å². The van der Waals surface area contributed by atoms with E-state index in [4.69, 9.17) is 5.73 Å². The zero-order valence-corrected chi connectivity index (χ0v) is 10.8. The number of nitrogens with two attached hydrogens (primary N) is 1. The van der Waals surface area contributed by atoms with Crippen molar-refractivity contribution in [1.29, 1.82) is 0 Å². The van der Waals surface area contributed by atoms with Gasteiger partial charge in [0.1, 0.15) is 0 Å². The Kier molecular flexibility index (Phi) is 5.60. The lowest BCUT2D eigenvalue weighted by Crippen LogP contribution is -2.07. The minimum absolute atomic E-state index is 0.652. The zero-order chi connectivity index (χ0) is 10.4. The lowest BCUT2D eigenvalue weighted by Gasteiger charge is -2.09. The zero-order valence-electron chi connectivity index (χ0n) is 8.37. The van der Waals surface area contributed by atoms with Crippen LogP contribution in [0.25, 0.3) is 0 Å². The van der Waals surface area contributed by atoms with Gasteiger partial charge < -0.3 is 5.73 Å². The van der Waals surface area contributed by atoms with Crippen LogP contribution in [-0.2, 0) is 5.75 Å². The summed E-state index contributed by atoms with van der Waals surface area (Å²) in [7, 11) is 0. The van der Waals surface area contributed by atoms with E-state index < -0.39 is 0 Å². The summed E-state index contributed by atoms with van der Waals surface area (Å²) in [5, 5.41) is 0.652. The molecule has 0 bridgehead atoms. The Labute approximate surface area is 98.6 Å². The molecule has 2 N–H and O–H groups in total. The molecule has 1 aromatic carbocycles. The van der Waals surface area contributed by atoms with Gasteiger partial charge in [-0.2, -0.15) is 11.8 Å². The highest BCUT2D eigenvalue weighted by atomic mass is 79.9. The standard InChI is InChI=1S/C11H16BrNS/c1-9(5-6-13)14-8-10-3-2-4-11(12)7-10/h2-4,7,9H,5-6,8,13H2,1H3. The molecular formula is C11H16BrNS. The molecule has 0 spiro atoms. The molecule has 0 saturated heterocycles. The first-order valence-corrected chi connectivity index (χ1v) is 6.62. The molecule has 0 saturated carbocycles. The predicted octanol–water partition coefficient (Wildman–Crippen LogP) is 3.42. The molecule has 1 unspecified atom stereocenters. The minimum Gasteiger partial charge on any atom is -0.330 e. The Bertz CT molecular complexity index is 278. The van der Waals surface area contributed by atoms with Gasteiger partial charge in [0.15, 0.2) is 0 Å². The fourth-order valence-corrected chi connectivity index (χ4v) is 2.59. The molecule has 3 heteroatoms. The fourth-order valence-electron chi connectivity index (χ4n) is 1.18. The van der Waals surface area contributed by atoms with Crippen LogP contribution >= 0.6 is 27.7 Å². The van der Waals surface area contributed by atoms with Gasteiger partial charge in [0.05, 0.1) is 0 Å². The molecule has 1 rings (SSSR count). The van der Waals surface area contributed by atoms with Crippen LogP contribution in [0.2, 0.25) is 0 Å². The maximum absolute atomic E-state index is 5.50. The van der Waals surface area contributed by atoms with Gasteiger partial charge in [-0.05, 0) is 30.7 Å². The SMILES string of the molecule is CC(CCN)SCc1cccc(Br)c1. The normalized spacial score (nSPS) is 12.8. The van der Waals surface area contributed by atoms with E-state index in [1.165, 1.54) is 5.56 Å². The van der Waals surface area contributed by atoms with E-state index in [9.17, 15) is 0 Å². The first-order chi connectivity index (χ1) is 6.72. The van der Waals surface area contributed by atoms with E-state index in [0.29, 0.717) is 5.25 Å². The summed E-state index contributed by atoms with van der Waals surface area (Å²) in [6, 6.07) is 8.46. The van der Waals surface area contributed by atoms with E-state index in [2.05, 4.69) is 47.1 Å². The van der Waals surface area contributed by atoms with Crippen LogP contribution in [0.15, 0.2) is 28.7 Å². The van der Waals surface area contributed by atoms with E-state index in [1.807, 2.05) is 11.8 Å². The van der Waals surface area contributed by atoms with E-state index in [0.717, 1.165) is 23.2 Å². The van der Waals surface area contributed by atoms with Gasteiger partial charge in [-0.15, -0.1) is 0 Å². The van der Waals surface area contributed by atoms with Crippen LogP contribution < -0.4 is 5.73 Å². The van der Waals surface area contributed by atoms with Gasteiger partial charge in [-0.1, -0.05) is 35.0 Å². The highest BCUT2D eigenvalue weighted by Gasteiger charge is 2.01. The average molecular weight is 274 g/mol. The van der Waals surface area contributed by atoms with Crippen molar-refractivity contribution < 1.29 is 0 Å². The summed E-state index contributed by atoms with van der Waals surface area (Å²) in [5.74, 6) is 1.07. The third-order valence-electron chi connectivity index (χ3n) is 2.00. The molecule has 1 aromatic rings. The summed E-state index contributed by atoms with van der Waals surface area (Å²) < 4.78 is 1.15. The van der Waals surface area contributed by atoms with Crippen molar-refractivity contribution in [2.75, 3.05) is 6.54 Å². The van der Waals surface area contributed by atoms with Crippen LogP contribution in [0.5, 0.6) is 0 Å². The van der Waals surface area contributed by atoms with E-state index >= 15 is 0 Å². The molecule has 1 atom stereocenters. The lowest BCUT2D eigenvalue weighted by atomic mass is 10.2. The second kappa shape index (κ2) is 6.49. The number of hydrogen-bond donors (Lipinski definition) is 1. The smallest absolute Gasteiger partial charge is 0.0187 e. The fraction of sp³-hybridized carbons (Fsp3) is 0.455. The molecule has 78 valence electrons. The molecule has 14 heavy (non-hydrogen) atoms. The lowest BCUT2D eigenvalue weighted by molar-refractivity contribution is 0.823. The first-order valence-electron chi connectivity index (χ1n) is 4.78. The second-order valence-electron chi connectivity index (χ2n) is 3.33. The number of rotatable bonds is 5. The average Bonchev–Trinajstić information content (AvgIpc) is 2.15. The Morgan fingerprint density at radius 1 is 1.50 bits per heavy atom. The predicted molar refractivity (Wildman–Crippen MR) is 68.6 cm³/mol. The Morgan fingerprint density at radius 3 is 2.93 bits per heavy atom. The highest BCUT2D eigenvalue weighted by Crippen LogP contribution is 2.21. The van der Waals surface area contributed by atoms with Crippen molar-refractivity contribution in [3.8, 4) is 0 Å². The van der Waals surface area contributed by atoms with Gasteiger partial charge in [-0.3, -0.25) is 0 Å². The quantitative estimate of drug-likeness (QED) is 0.890. The summed E-state index contributed by atoms with van der Waals surface area (Å²) in [6.07, 6.45) is 1.10. The molecule has 0 aromatic heterocycles. The molecule has 0 aliphatic heterocycles. The number of benzene rings is 1. The Balaban J connectivity index is 2.37. The van der Waals surface area contributed by atoms with Crippen molar-refractivity contribution in [2.45, 2.75) is 24.3 Å². The van der Waals surface area contributed by atoms with E-state index in [1.54, 1.807) is 0 Å². The minimum atomic E-state index is 0.652. The molecule has 0 fully saturated rings. The highest BCUT2D eigenvalue weighted by molar-refractivity contribution is 9.10. The van der Waals surface area contributed by atoms with Gasteiger partial charge in [0.2, 0.25) is 0 Å². The number of halogens is 1. The van der Waals surface area contributed by atoms with Crippen LogP contribution in [0, 0.1) is 0 Å². The largest absolute Gasteiger partial charge is 0.330 e. The van der Waals surface area contributed by atoms with Gasteiger partial charge in [0, 0.05) is 15.5 Å². The maximum atomic E-state index is 5.50. The molecule has 0 heterocycles. The van der Waals surface area contributed by atoms with Crippen LogP contribution in [0.1, 0.15) is 18.9 Å². The topological polar surface area (TPSA) is 26.0 Å². The maximum Gasteiger partial charge on any atom is 0.0187 e. The second-order valence-corrected chi connectivity index (χ2v) is 5.67. The third kappa shape index (κ3) is 4.49. The molecular weight excluding hydrogens is 258 g/mol. The number of thioether (sulfide) groups is 1. The first kappa shape index (κ1) is 12.1. The van der Waals surface area contributed by atoms with Crippen LogP contribution in [0.4, 0.5) is 0 Å². The van der Waals surface area contributed by atoms with Gasteiger partial charge in [0.25, 0.3) is 0 Å². The van der Waals surface area contributed by atoms with Crippen molar-refractivity contribution >= 4 is 27.7 Å². The van der Waals surface area contributed by atoms with Crippen molar-refractivity contribution in [2.24, 2.45) is 5.73 Å². The van der Waals surface area contributed by atoms with Crippen molar-refractivity contribution in [1.82, 2.24) is 0 Å². The summed E-state index contributed by atoms with van der Waals surface area (Å²) in [6.45, 7) is 3.02. The monoisotopic (exact) mass is 273 g/mol. The van der Waals surface area contributed by atoms with Crippen LogP contribution in [-0.4, -0.2) is 11.8 Å². The summed E-state index contributed by atoms with van der Waals surface area (Å²) in [4.78, 5) is 0. The van der Waals surface area contributed by atoms with E-state index in [-0.39, 0.29) is 0 Å².